The van der Waals surface area contributed by atoms with Crippen molar-refractivity contribution in [2.24, 2.45) is 5.92 Å². The Balaban J connectivity index is 0.000000525. The van der Waals surface area contributed by atoms with Crippen LogP contribution >= 0.6 is 7.60 Å². The van der Waals surface area contributed by atoms with Crippen LogP contribution in [0.25, 0.3) is 0 Å². The standard InChI is InChI=1S/C13H26O2.C7H10NO4P/c1-6-7-8-9-10-11(2)12(14)15-13(3,4)5;1-12-7-4-2-3-6(8-7)5-13(9,10)11/h11H,6-10H2,1-5H3;2-4H,5H2,1H3,(H2,9,10,11). The highest BCUT2D eigenvalue weighted by Crippen LogP contribution is 2.38. The van der Waals surface area contributed by atoms with E-state index in [2.05, 4.69) is 11.9 Å². The van der Waals surface area contributed by atoms with Crippen molar-refractivity contribution in [3.8, 4) is 5.88 Å². The zero-order valence-electron chi connectivity index (χ0n) is 18.0. The molecule has 162 valence electrons. The molecule has 1 unspecified atom stereocenters. The van der Waals surface area contributed by atoms with Gasteiger partial charge in [-0.25, -0.2) is 4.98 Å². The highest BCUT2D eigenvalue weighted by molar-refractivity contribution is 7.50. The minimum atomic E-state index is -4.04. The summed E-state index contributed by atoms with van der Waals surface area (Å²) in [5.41, 5.74) is -0.0259. The van der Waals surface area contributed by atoms with Crippen molar-refractivity contribution >= 4 is 13.6 Å². The predicted molar refractivity (Wildman–Crippen MR) is 110 cm³/mol. The molecule has 1 aromatic heterocycles. The number of unbranched alkanes of at least 4 members (excludes halogenated alkanes) is 3. The van der Waals surface area contributed by atoms with E-state index in [4.69, 9.17) is 19.3 Å². The van der Waals surface area contributed by atoms with Crippen LogP contribution in [0.3, 0.4) is 0 Å². The van der Waals surface area contributed by atoms with E-state index in [-0.39, 0.29) is 23.7 Å². The number of rotatable bonds is 9. The van der Waals surface area contributed by atoms with Gasteiger partial charge >= 0.3 is 13.6 Å². The van der Waals surface area contributed by atoms with E-state index < -0.39 is 7.60 Å². The monoisotopic (exact) mass is 417 g/mol. The summed E-state index contributed by atoms with van der Waals surface area (Å²) in [4.78, 5) is 32.8. The third-order valence-electron chi connectivity index (χ3n) is 3.66. The molecule has 7 nitrogen and oxygen atoms in total. The average molecular weight is 417 g/mol. The molecule has 0 bridgehead atoms. The van der Waals surface area contributed by atoms with Gasteiger partial charge in [0.25, 0.3) is 0 Å². The van der Waals surface area contributed by atoms with E-state index in [1.165, 1.54) is 26.4 Å². The first-order valence-corrected chi connectivity index (χ1v) is 11.4. The van der Waals surface area contributed by atoms with Gasteiger partial charge in [0.15, 0.2) is 0 Å². The van der Waals surface area contributed by atoms with Crippen LogP contribution < -0.4 is 4.74 Å². The van der Waals surface area contributed by atoms with Crippen LogP contribution in [0.2, 0.25) is 0 Å². The lowest BCUT2D eigenvalue weighted by Gasteiger charge is -2.22. The maximum absolute atomic E-state index is 11.6. The molecule has 0 aliphatic rings. The number of hydrogen-bond donors (Lipinski definition) is 2. The summed E-state index contributed by atoms with van der Waals surface area (Å²) in [6.45, 7) is 9.88. The van der Waals surface area contributed by atoms with Gasteiger partial charge in [0.1, 0.15) is 5.60 Å². The predicted octanol–water partition coefficient (Wildman–Crippen LogP) is 4.70. The molecule has 0 saturated carbocycles. The van der Waals surface area contributed by atoms with Gasteiger partial charge in [-0.1, -0.05) is 45.6 Å². The zero-order valence-corrected chi connectivity index (χ0v) is 18.9. The molecular weight excluding hydrogens is 381 g/mol. The maximum atomic E-state index is 11.6. The van der Waals surface area contributed by atoms with Gasteiger partial charge in [-0.15, -0.1) is 0 Å². The van der Waals surface area contributed by atoms with E-state index in [9.17, 15) is 9.36 Å². The molecule has 0 aromatic carbocycles. The van der Waals surface area contributed by atoms with Crippen LogP contribution in [0, 0.1) is 5.92 Å². The van der Waals surface area contributed by atoms with Gasteiger partial charge in [0, 0.05) is 6.07 Å². The molecule has 2 N–H and O–H groups in total. The maximum Gasteiger partial charge on any atom is 0.331 e. The van der Waals surface area contributed by atoms with Crippen molar-refractivity contribution in [3.05, 3.63) is 23.9 Å². The van der Waals surface area contributed by atoms with Gasteiger partial charge in [-0.3, -0.25) is 9.36 Å². The molecule has 0 spiro atoms. The quantitative estimate of drug-likeness (QED) is 0.341. The third-order valence-corrected chi connectivity index (χ3v) is 4.39. The second kappa shape index (κ2) is 12.9. The molecule has 8 heteroatoms. The Morgan fingerprint density at radius 1 is 1.21 bits per heavy atom. The highest BCUT2D eigenvalue weighted by Gasteiger charge is 2.21. The first-order chi connectivity index (χ1) is 12.9. The minimum Gasteiger partial charge on any atom is -0.481 e. The molecule has 1 atom stereocenters. The Hall–Kier alpha value is -1.43. The summed E-state index contributed by atoms with van der Waals surface area (Å²) >= 11 is 0. The number of carbonyl (C=O) groups excluding carboxylic acids is 1. The lowest BCUT2D eigenvalue weighted by atomic mass is 10.0. The Morgan fingerprint density at radius 2 is 1.86 bits per heavy atom. The van der Waals surface area contributed by atoms with E-state index in [0.717, 1.165) is 12.8 Å². The Morgan fingerprint density at radius 3 is 2.36 bits per heavy atom. The van der Waals surface area contributed by atoms with Crippen molar-refractivity contribution in [2.75, 3.05) is 7.11 Å². The Bertz CT molecular complexity index is 623. The van der Waals surface area contributed by atoms with Gasteiger partial charge < -0.3 is 19.3 Å². The molecule has 0 aliphatic carbocycles. The molecule has 1 heterocycles. The van der Waals surface area contributed by atoms with Crippen molar-refractivity contribution in [1.82, 2.24) is 4.98 Å². The molecule has 0 radical (unpaired) electrons. The van der Waals surface area contributed by atoms with Gasteiger partial charge in [-0.05, 0) is 33.3 Å². The Kier molecular flexibility index (Phi) is 12.3. The summed E-state index contributed by atoms with van der Waals surface area (Å²) in [5, 5.41) is 0. The number of ether oxygens (including phenoxy) is 2. The lowest BCUT2D eigenvalue weighted by molar-refractivity contribution is -0.159. The molecule has 0 amide bonds. The minimum absolute atomic E-state index is 0.0427. The number of carbonyl (C=O) groups is 1. The smallest absolute Gasteiger partial charge is 0.331 e. The summed E-state index contributed by atoms with van der Waals surface area (Å²) < 4.78 is 20.7. The topological polar surface area (TPSA) is 106 Å². The number of pyridine rings is 1. The van der Waals surface area contributed by atoms with Crippen LogP contribution in [-0.2, 0) is 20.3 Å². The molecule has 28 heavy (non-hydrogen) atoms. The van der Waals surface area contributed by atoms with Crippen LogP contribution in [0.5, 0.6) is 5.88 Å². The van der Waals surface area contributed by atoms with Crippen molar-refractivity contribution in [3.63, 3.8) is 0 Å². The zero-order chi connectivity index (χ0) is 21.8. The number of nitrogens with zero attached hydrogens (tertiary/aromatic N) is 1. The van der Waals surface area contributed by atoms with Crippen molar-refractivity contribution in [2.45, 2.75) is 78.5 Å². The SMILES string of the molecule is CCCCCCC(C)C(=O)OC(C)(C)C.COc1cccc(CP(=O)(O)O)n1. The number of aromatic nitrogens is 1. The normalized spacial score (nSPS) is 12.6. The molecular formula is C20H36NO6P. The largest absolute Gasteiger partial charge is 0.481 e. The van der Waals surface area contributed by atoms with Crippen LogP contribution in [0.15, 0.2) is 18.2 Å². The van der Waals surface area contributed by atoms with Crippen molar-refractivity contribution in [1.29, 1.82) is 0 Å². The third kappa shape index (κ3) is 14.6. The first-order valence-electron chi connectivity index (χ1n) is 9.65. The molecule has 0 saturated heterocycles. The van der Waals surface area contributed by atoms with E-state index in [0.29, 0.717) is 11.6 Å². The summed E-state index contributed by atoms with van der Waals surface area (Å²) in [5.74, 6) is 0.339. The van der Waals surface area contributed by atoms with E-state index >= 15 is 0 Å². The summed E-state index contributed by atoms with van der Waals surface area (Å²) in [6.07, 6.45) is 5.46. The molecule has 1 aromatic rings. The van der Waals surface area contributed by atoms with Crippen LogP contribution in [0.1, 0.15) is 72.4 Å². The van der Waals surface area contributed by atoms with Gasteiger partial charge in [-0.2, -0.15) is 0 Å². The highest BCUT2D eigenvalue weighted by atomic mass is 31.2. The van der Waals surface area contributed by atoms with E-state index in [1.54, 1.807) is 18.2 Å². The number of hydrogen-bond acceptors (Lipinski definition) is 5. The van der Waals surface area contributed by atoms with E-state index in [1.807, 2.05) is 27.7 Å². The second-order valence-corrected chi connectivity index (χ2v) is 9.42. The lowest BCUT2D eigenvalue weighted by Crippen LogP contribution is -2.27. The molecule has 0 aliphatic heterocycles. The summed E-state index contributed by atoms with van der Waals surface area (Å²) in [7, 11) is -2.59. The fourth-order valence-corrected chi connectivity index (χ4v) is 2.87. The summed E-state index contributed by atoms with van der Waals surface area (Å²) in [6, 6.07) is 4.79. The first kappa shape index (κ1) is 26.6. The van der Waals surface area contributed by atoms with Gasteiger partial charge in [0.05, 0.1) is 24.9 Å². The number of esters is 1. The average Bonchev–Trinajstić information content (AvgIpc) is 2.56. The fraction of sp³-hybridized carbons (Fsp3) is 0.700. The molecule has 0 fully saturated rings. The van der Waals surface area contributed by atoms with Gasteiger partial charge in [0.2, 0.25) is 5.88 Å². The van der Waals surface area contributed by atoms with Crippen LogP contribution in [-0.4, -0.2) is 33.5 Å². The van der Waals surface area contributed by atoms with Crippen LogP contribution in [0.4, 0.5) is 0 Å². The second-order valence-electron chi connectivity index (χ2n) is 7.78. The Labute approximate surface area is 169 Å². The fourth-order valence-electron chi connectivity index (χ4n) is 2.27. The number of methoxy groups -OCH3 is 1. The molecule has 1 rings (SSSR count). The van der Waals surface area contributed by atoms with Crippen molar-refractivity contribution < 1.29 is 28.6 Å².